The van der Waals surface area contributed by atoms with Crippen LogP contribution in [0.15, 0.2) is 4.47 Å². The van der Waals surface area contributed by atoms with Crippen molar-refractivity contribution in [3.8, 4) is 0 Å². The Morgan fingerprint density at radius 3 is 1.35 bits per heavy atom. The van der Waals surface area contributed by atoms with Gasteiger partial charge in [0.25, 0.3) is 0 Å². The molecule has 17 heavy (non-hydrogen) atoms. The molecule has 0 spiro atoms. The first-order chi connectivity index (χ1) is 7.76. The van der Waals surface area contributed by atoms with Crippen LogP contribution in [-0.4, -0.2) is 4.57 Å². The van der Waals surface area contributed by atoms with E-state index >= 15 is 0 Å². The molecule has 1 aromatic heterocycles. The Morgan fingerprint density at radius 1 is 0.882 bits per heavy atom. The van der Waals surface area contributed by atoms with E-state index in [1.54, 1.807) is 0 Å². The Hall–Kier alpha value is -0.240. The lowest BCUT2D eigenvalue weighted by molar-refractivity contribution is 0.581. The summed E-state index contributed by atoms with van der Waals surface area (Å²) in [4.78, 5) is 0. The Kier molecular flexibility index (Phi) is 8.95. The summed E-state index contributed by atoms with van der Waals surface area (Å²) in [6.07, 6.45) is 0. The van der Waals surface area contributed by atoms with Gasteiger partial charge in [-0.1, -0.05) is 48.5 Å². The highest BCUT2D eigenvalue weighted by Crippen LogP contribution is 2.35. The van der Waals surface area contributed by atoms with Crippen LogP contribution in [0.4, 0.5) is 0 Å². The summed E-state index contributed by atoms with van der Waals surface area (Å²) >= 11 is 3.67. The molecule has 0 saturated carbocycles. The van der Waals surface area contributed by atoms with Crippen molar-refractivity contribution in [2.24, 2.45) is 7.05 Å². The highest BCUT2D eigenvalue weighted by Gasteiger charge is 2.24. The van der Waals surface area contributed by atoms with Crippen molar-refractivity contribution in [1.82, 2.24) is 4.57 Å². The molecule has 1 rings (SSSR count). The molecule has 0 unspecified atom stereocenters. The minimum Gasteiger partial charge on any atom is -0.351 e. The highest BCUT2D eigenvalue weighted by molar-refractivity contribution is 9.10. The van der Waals surface area contributed by atoms with Crippen LogP contribution in [0.3, 0.4) is 0 Å². The van der Waals surface area contributed by atoms with Gasteiger partial charge in [-0.3, -0.25) is 0 Å². The molecular formula is C15H30BrN. The fourth-order valence-electron chi connectivity index (χ4n) is 1.78. The van der Waals surface area contributed by atoms with E-state index in [2.05, 4.69) is 62.2 Å². The molecule has 1 aromatic rings. The topological polar surface area (TPSA) is 4.93 Å². The normalized spacial score (nSPS) is 10.1. The van der Waals surface area contributed by atoms with Crippen LogP contribution >= 0.6 is 15.9 Å². The van der Waals surface area contributed by atoms with Crippen LogP contribution in [0.25, 0.3) is 0 Å². The quantitative estimate of drug-likeness (QED) is 0.574. The summed E-state index contributed by atoms with van der Waals surface area (Å²) in [5, 5.41) is 0. The summed E-state index contributed by atoms with van der Waals surface area (Å²) in [7, 11) is 2.12. The minimum absolute atomic E-state index is 0.217. The summed E-state index contributed by atoms with van der Waals surface area (Å²) < 4.78 is 3.50. The maximum absolute atomic E-state index is 3.67. The first-order valence-corrected chi connectivity index (χ1v) is 7.38. The predicted molar refractivity (Wildman–Crippen MR) is 84.0 cm³/mol. The fourth-order valence-corrected chi connectivity index (χ4v) is 2.93. The van der Waals surface area contributed by atoms with E-state index in [4.69, 9.17) is 0 Å². The summed E-state index contributed by atoms with van der Waals surface area (Å²) in [6.45, 7) is 19.1. The molecule has 102 valence electrons. The molecule has 0 bridgehead atoms. The van der Waals surface area contributed by atoms with Gasteiger partial charge in [0.05, 0.1) is 0 Å². The minimum atomic E-state index is 0.217. The highest BCUT2D eigenvalue weighted by atomic mass is 79.9. The average Bonchev–Trinajstić information content (AvgIpc) is 2.48. The van der Waals surface area contributed by atoms with Gasteiger partial charge in [-0.05, 0) is 40.8 Å². The largest absolute Gasteiger partial charge is 0.351 e. The van der Waals surface area contributed by atoms with Gasteiger partial charge < -0.3 is 4.57 Å². The summed E-state index contributed by atoms with van der Waals surface area (Å²) in [6, 6.07) is 0. The van der Waals surface area contributed by atoms with E-state index in [0.29, 0.717) is 0 Å². The van der Waals surface area contributed by atoms with E-state index in [1.165, 1.54) is 21.4 Å². The number of hydrogen-bond donors (Lipinski definition) is 0. The smallest absolute Gasteiger partial charge is 0.0421 e. The molecule has 0 aliphatic rings. The fraction of sp³-hybridized carbons (Fsp3) is 0.733. The Bertz CT molecular complexity index is 304. The number of hydrogen-bond acceptors (Lipinski definition) is 0. The van der Waals surface area contributed by atoms with E-state index in [1.807, 2.05) is 27.7 Å². The Balaban J connectivity index is 0. The number of aromatic nitrogens is 1. The standard InChI is InChI=1S/C11H18BrN.2C2H6/c1-7-9(11(3,4)5)10(12)8(2)13(7)6;2*1-2/h1-6H3;2*1-2H3. The zero-order valence-corrected chi connectivity index (χ0v) is 14.9. The third-order valence-electron chi connectivity index (χ3n) is 2.66. The number of nitrogens with zero attached hydrogens (tertiary/aromatic N) is 1. The van der Waals surface area contributed by atoms with Gasteiger partial charge in [0, 0.05) is 22.9 Å². The second-order valence-electron chi connectivity index (χ2n) is 4.67. The van der Waals surface area contributed by atoms with Gasteiger partial charge in [0.15, 0.2) is 0 Å². The number of rotatable bonds is 0. The second kappa shape index (κ2) is 7.97. The molecule has 0 radical (unpaired) electrons. The molecule has 0 saturated heterocycles. The average molecular weight is 304 g/mol. The Labute approximate surface area is 117 Å². The van der Waals surface area contributed by atoms with Crippen molar-refractivity contribution in [1.29, 1.82) is 0 Å². The Morgan fingerprint density at radius 2 is 1.24 bits per heavy atom. The van der Waals surface area contributed by atoms with Crippen LogP contribution in [0, 0.1) is 13.8 Å². The van der Waals surface area contributed by atoms with Gasteiger partial charge in [0.1, 0.15) is 0 Å². The van der Waals surface area contributed by atoms with E-state index < -0.39 is 0 Å². The van der Waals surface area contributed by atoms with Crippen LogP contribution < -0.4 is 0 Å². The molecule has 0 fully saturated rings. The second-order valence-corrected chi connectivity index (χ2v) is 5.46. The molecule has 0 amide bonds. The monoisotopic (exact) mass is 303 g/mol. The first-order valence-electron chi connectivity index (χ1n) is 6.58. The van der Waals surface area contributed by atoms with Crippen molar-refractivity contribution < 1.29 is 0 Å². The van der Waals surface area contributed by atoms with Crippen LogP contribution in [0.1, 0.15) is 65.4 Å². The zero-order chi connectivity index (χ0) is 14.4. The first kappa shape index (κ1) is 19.1. The molecule has 0 aliphatic heterocycles. The van der Waals surface area contributed by atoms with Crippen molar-refractivity contribution in [3.63, 3.8) is 0 Å². The van der Waals surface area contributed by atoms with Gasteiger partial charge in [-0.2, -0.15) is 0 Å². The van der Waals surface area contributed by atoms with E-state index in [-0.39, 0.29) is 5.41 Å². The zero-order valence-electron chi connectivity index (χ0n) is 13.3. The molecule has 0 aromatic carbocycles. The van der Waals surface area contributed by atoms with Crippen molar-refractivity contribution in [3.05, 3.63) is 21.4 Å². The van der Waals surface area contributed by atoms with Crippen LogP contribution in [0.2, 0.25) is 0 Å². The summed E-state index contributed by atoms with van der Waals surface area (Å²) in [5.41, 5.74) is 4.31. The van der Waals surface area contributed by atoms with Gasteiger partial charge in [-0.25, -0.2) is 0 Å². The summed E-state index contributed by atoms with van der Waals surface area (Å²) in [5.74, 6) is 0. The molecule has 0 atom stereocenters. The SMILES string of the molecule is CC.CC.Cc1c(Br)c(C(C)(C)C)c(C)n1C. The third-order valence-corrected chi connectivity index (χ3v) is 3.63. The van der Waals surface area contributed by atoms with Gasteiger partial charge in [-0.15, -0.1) is 0 Å². The van der Waals surface area contributed by atoms with Crippen LogP contribution in [0.5, 0.6) is 0 Å². The van der Waals surface area contributed by atoms with E-state index in [9.17, 15) is 0 Å². The van der Waals surface area contributed by atoms with E-state index in [0.717, 1.165) is 0 Å². The van der Waals surface area contributed by atoms with Crippen molar-refractivity contribution >= 4 is 15.9 Å². The van der Waals surface area contributed by atoms with Gasteiger partial charge >= 0.3 is 0 Å². The molecular weight excluding hydrogens is 274 g/mol. The predicted octanol–water partition coefficient (Wildman–Crippen LogP) is 5.75. The maximum Gasteiger partial charge on any atom is 0.0421 e. The van der Waals surface area contributed by atoms with Crippen LogP contribution in [-0.2, 0) is 12.5 Å². The molecule has 2 heteroatoms. The molecule has 0 aliphatic carbocycles. The lowest BCUT2D eigenvalue weighted by Gasteiger charge is -2.19. The molecule has 1 heterocycles. The number of halogens is 1. The molecule has 1 nitrogen and oxygen atoms in total. The lowest BCUT2D eigenvalue weighted by Crippen LogP contribution is -2.12. The van der Waals surface area contributed by atoms with Gasteiger partial charge in [0.2, 0.25) is 0 Å². The lowest BCUT2D eigenvalue weighted by atomic mass is 9.87. The maximum atomic E-state index is 3.67. The third kappa shape index (κ3) is 4.50. The van der Waals surface area contributed by atoms with Crippen molar-refractivity contribution in [2.45, 2.75) is 67.7 Å². The molecule has 0 N–H and O–H groups in total. The van der Waals surface area contributed by atoms with Crippen molar-refractivity contribution in [2.75, 3.05) is 0 Å².